The largest absolute Gasteiger partial charge is 0.121 e. The molecule has 0 aliphatic carbocycles. The van der Waals surface area contributed by atoms with Gasteiger partial charge in [0.15, 0.2) is 0 Å². The summed E-state index contributed by atoms with van der Waals surface area (Å²) in [6.07, 6.45) is 0. The quantitative estimate of drug-likeness (QED) is 0.644. The van der Waals surface area contributed by atoms with E-state index in [9.17, 15) is 0 Å². The van der Waals surface area contributed by atoms with Gasteiger partial charge in [0.25, 0.3) is 0 Å². The number of benzene rings is 2. The number of thioether (sulfide) groups is 1. The van der Waals surface area contributed by atoms with Gasteiger partial charge < -0.3 is 0 Å². The highest BCUT2D eigenvalue weighted by Gasteiger charge is 1.98. The molecule has 0 bridgehead atoms. The number of halogens is 1. The first kappa shape index (κ1) is 13.4. The van der Waals surface area contributed by atoms with Crippen LogP contribution in [0.1, 0.15) is 18.1 Å². The van der Waals surface area contributed by atoms with E-state index in [4.69, 9.17) is 0 Å². The van der Waals surface area contributed by atoms with Gasteiger partial charge in [0.1, 0.15) is 0 Å². The van der Waals surface area contributed by atoms with Crippen molar-refractivity contribution in [3.63, 3.8) is 0 Å². The molecule has 92 valence electrons. The summed E-state index contributed by atoms with van der Waals surface area (Å²) in [5.41, 5.74) is 3.67. The van der Waals surface area contributed by atoms with Gasteiger partial charge in [0.2, 0.25) is 0 Å². The molecule has 0 aliphatic heterocycles. The molecular weight excluding hydrogens is 304 g/mol. The SMILES string of the molecule is C=C(C)c1ccc(CSc2ccc(Br)cc2)cc1. The van der Waals surface area contributed by atoms with Gasteiger partial charge >= 0.3 is 0 Å². The van der Waals surface area contributed by atoms with Crippen molar-refractivity contribution in [1.82, 2.24) is 0 Å². The topological polar surface area (TPSA) is 0 Å². The van der Waals surface area contributed by atoms with E-state index in [1.165, 1.54) is 16.0 Å². The van der Waals surface area contributed by atoms with E-state index in [2.05, 4.69) is 71.0 Å². The predicted molar refractivity (Wildman–Crippen MR) is 84.9 cm³/mol. The van der Waals surface area contributed by atoms with Crippen LogP contribution in [-0.2, 0) is 5.75 Å². The second-order valence-corrected chi connectivity index (χ2v) is 6.18. The molecule has 0 fully saturated rings. The Kier molecular flexibility index (Phi) is 4.67. The zero-order valence-corrected chi connectivity index (χ0v) is 12.7. The third-order valence-corrected chi connectivity index (χ3v) is 4.28. The third-order valence-electron chi connectivity index (χ3n) is 2.67. The lowest BCUT2D eigenvalue weighted by molar-refractivity contribution is 1.37. The van der Waals surface area contributed by atoms with Gasteiger partial charge in [-0.15, -0.1) is 11.8 Å². The Hall–Kier alpha value is -0.990. The molecule has 0 N–H and O–H groups in total. The summed E-state index contributed by atoms with van der Waals surface area (Å²) in [6.45, 7) is 5.98. The van der Waals surface area contributed by atoms with Gasteiger partial charge in [-0.3, -0.25) is 0 Å². The summed E-state index contributed by atoms with van der Waals surface area (Å²) in [6, 6.07) is 17.1. The van der Waals surface area contributed by atoms with E-state index in [1.807, 2.05) is 18.7 Å². The molecule has 2 rings (SSSR count). The molecule has 0 amide bonds. The molecule has 0 aromatic heterocycles. The fourth-order valence-corrected chi connectivity index (χ4v) is 2.70. The van der Waals surface area contributed by atoms with Crippen LogP contribution in [0.25, 0.3) is 5.57 Å². The minimum atomic E-state index is 0.998. The first-order chi connectivity index (χ1) is 8.65. The molecule has 0 heterocycles. The van der Waals surface area contributed by atoms with Crippen LogP contribution in [0.4, 0.5) is 0 Å². The van der Waals surface area contributed by atoms with Crippen molar-refractivity contribution in [1.29, 1.82) is 0 Å². The maximum absolute atomic E-state index is 3.95. The second-order valence-electron chi connectivity index (χ2n) is 4.22. The summed E-state index contributed by atoms with van der Waals surface area (Å²) >= 11 is 5.30. The lowest BCUT2D eigenvalue weighted by Crippen LogP contribution is -1.83. The summed E-state index contributed by atoms with van der Waals surface area (Å²) in [4.78, 5) is 1.29. The van der Waals surface area contributed by atoms with E-state index >= 15 is 0 Å². The Morgan fingerprint density at radius 2 is 1.67 bits per heavy atom. The van der Waals surface area contributed by atoms with Crippen LogP contribution < -0.4 is 0 Å². The summed E-state index contributed by atoms with van der Waals surface area (Å²) < 4.78 is 1.12. The molecule has 0 nitrogen and oxygen atoms in total. The highest BCUT2D eigenvalue weighted by molar-refractivity contribution is 9.10. The fourth-order valence-electron chi connectivity index (χ4n) is 1.58. The van der Waals surface area contributed by atoms with Crippen molar-refractivity contribution in [3.8, 4) is 0 Å². The van der Waals surface area contributed by atoms with Crippen LogP contribution in [0.3, 0.4) is 0 Å². The molecule has 0 aliphatic rings. The van der Waals surface area contributed by atoms with E-state index < -0.39 is 0 Å². The van der Waals surface area contributed by atoms with Crippen molar-refractivity contribution in [2.45, 2.75) is 17.6 Å². The first-order valence-electron chi connectivity index (χ1n) is 5.78. The lowest BCUT2D eigenvalue weighted by Gasteiger charge is -2.04. The summed E-state index contributed by atoms with van der Waals surface area (Å²) in [5, 5.41) is 0. The molecule has 2 aromatic carbocycles. The normalized spacial score (nSPS) is 10.3. The summed E-state index contributed by atoms with van der Waals surface area (Å²) in [5.74, 6) is 0.998. The van der Waals surface area contributed by atoms with Crippen LogP contribution in [0.5, 0.6) is 0 Å². The molecule has 2 heteroatoms. The minimum absolute atomic E-state index is 0.998. The smallest absolute Gasteiger partial charge is 0.0232 e. The molecule has 2 aromatic rings. The Morgan fingerprint density at radius 3 is 2.22 bits per heavy atom. The van der Waals surface area contributed by atoms with Crippen LogP contribution in [0.2, 0.25) is 0 Å². The Balaban J connectivity index is 1.97. The number of rotatable bonds is 4. The highest BCUT2D eigenvalue weighted by Crippen LogP contribution is 2.25. The maximum Gasteiger partial charge on any atom is 0.0232 e. The molecule has 0 spiro atoms. The van der Waals surface area contributed by atoms with Crippen LogP contribution in [0, 0.1) is 0 Å². The molecule has 0 unspecified atom stereocenters. The van der Waals surface area contributed by atoms with Crippen LogP contribution in [-0.4, -0.2) is 0 Å². The molecule has 18 heavy (non-hydrogen) atoms. The second kappa shape index (κ2) is 6.26. The van der Waals surface area contributed by atoms with Gasteiger partial charge in [-0.1, -0.05) is 52.3 Å². The van der Waals surface area contributed by atoms with Gasteiger partial charge in [0, 0.05) is 15.1 Å². The van der Waals surface area contributed by atoms with Crippen molar-refractivity contribution in [2.75, 3.05) is 0 Å². The molecule has 0 radical (unpaired) electrons. The molecule has 0 saturated heterocycles. The van der Waals surface area contributed by atoms with Crippen molar-refractivity contribution < 1.29 is 0 Å². The van der Waals surface area contributed by atoms with Crippen LogP contribution in [0.15, 0.2) is 64.5 Å². The Bertz CT molecular complexity index is 526. The molecule has 0 saturated carbocycles. The zero-order valence-electron chi connectivity index (χ0n) is 10.3. The van der Waals surface area contributed by atoms with Gasteiger partial charge in [-0.05, 0) is 42.3 Å². The maximum atomic E-state index is 3.95. The van der Waals surface area contributed by atoms with Gasteiger partial charge in [-0.2, -0.15) is 0 Å². The van der Waals surface area contributed by atoms with E-state index in [1.54, 1.807) is 0 Å². The number of hydrogen-bond acceptors (Lipinski definition) is 1. The standard InChI is InChI=1S/C16H15BrS/c1-12(2)14-5-3-13(4-6-14)11-18-16-9-7-15(17)8-10-16/h3-10H,1,11H2,2H3. The van der Waals surface area contributed by atoms with Crippen LogP contribution >= 0.6 is 27.7 Å². The molecular formula is C16H15BrS. The highest BCUT2D eigenvalue weighted by atomic mass is 79.9. The zero-order chi connectivity index (χ0) is 13.0. The molecule has 0 atom stereocenters. The average molecular weight is 319 g/mol. The van der Waals surface area contributed by atoms with Gasteiger partial charge in [0.05, 0.1) is 0 Å². The van der Waals surface area contributed by atoms with E-state index in [-0.39, 0.29) is 0 Å². The Labute approximate surface area is 121 Å². The van der Waals surface area contributed by atoms with E-state index in [0.29, 0.717) is 0 Å². The summed E-state index contributed by atoms with van der Waals surface area (Å²) in [7, 11) is 0. The average Bonchev–Trinajstić information content (AvgIpc) is 2.38. The van der Waals surface area contributed by atoms with Crippen molar-refractivity contribution >= 4 is 33.3 Å². The minimum Gasteiger partial charge on any atom is -0.121 e. The lowest BCUT2D eigenvalue weighted by atomic mass is 10.1. The van der Waals surface area contributed by atoms with Crippen molar-refractivity contribution in [2.24, 2.45) is 0 Å². The predicted octanol–water partition coefficient (Wildman–Crippen LogP) is 5.77. The number of allylic oxidation sites excluding steroid dienone is 1. The number of hydrogen-bond donors (Lipinski definition) is 0. The van der Waals surface area contributed by atoms with E-state index in [0.717, 1.165) is 15.8 Å². The van der Waals surface area contributed by atoms with Gasteiger partial charge in [-0.25, -0.2) is 0 Å². The fraction of sp³-hybridized carbons (Fsp3) is 0.125. The third kappa shape index (κ3) is 3.76. The monoisotopic (exact) mass is 318 g/mol. The Morgan fingerprint density at radius 1 is 1.06 bits per heavy atom. The first-order valence-corrected chi connectivity index (χ1v) is 7.56. The van der Waals surface area contributed by atoms with Crippen molar-refractivity contribution in [3.05, 3.63) is 70.7 Å².